The van der Waals surface area contributed by atoms with Gasteiger partial charge >= 0.3 is 18.0 Å². The second-order valence-electron chi connectivity index (χ2n) is 3.58. The number of halogens is 3. The molecule has 0 saturated heterocycles. The number of nitrogens with one attached hydrogen (secondary N) is 1. The molecule has 1 aromatic carbocycles. The summed E-state index contributed by atoms with van der Waals surface area (Å²) in [6, 6.07) is 2.21. The molecular formula is C10H6F3N2O2. The topological polar surface area (TPSA) is 60.3 Å². The molecule has 0 atom stereocenters. The van der Waals surface area contributed by atoms with Crippen molar-refractivity contribution in [3.8, 4) is 0 Å². The summed E-state index contributed by atoms with van der Waals surface area (Å²) >= 11 is 0. The number of hydrogen-bond donors (Lipinski definition) is 1. The molecular weight excluding hydrogens is 237 g/mol. The highest BCUT2D eigenvalue weighted by Crippen LogP contribution is 2.40. The highest BCUT2D eigenvalue weighted by atomic mass is 19.4. The lowest BCUT2D eigenvalue weighted by Crippen LogP contribution is -2.34. The van der Waals surface area contributed by atoms with Crippen LogP contribution in [0, 0.1) is 6.92 Å². The number of aryl methyl sites for hydroxylation is 1. The van der Waals surface area contributed by atoms with Crippen LogP contribution >= 0.6 is 0 Å². The zero-order chi connectivity index (χ0) is 12.8. The van der Waals surface area contributed by atoms with Crippen molar-refractivity contribution in [2.45, 2.75) is 13.1 Å². The standard InChI is InChI=1S/C10H6F3N2O2/c1-4-2-5(10(11,12)13)7-6(3-4)14-8(16)9(17)15-7/h2-3H,1H3,(H,14,16). The SMILES string of the molecule is Cc1cc2c(c(C(F)(F)F)c1)[N]C(=O)C(=O)N2. The molecule has 1 radical (unpaired) electrons. The van der Waals surface area contributed by atoms with Crippen molar-refractivity contribution < 1.29 is 22.8 Å². The van der Waals surface area contributed by atoms with E-state index in [1.165, 1.54) is 13.0 Å². The first-order chi connectivity index (χ1) is 7.79. The van der Waals surface area contributed by atoms with E-state index < -0.39 is 29.2 Å². The first kappa shape index (κ1) is 11.4. The van der Waals surface area contributed by atoms with Crippen molar-refractivity contribution in [1.82, 2.24) is 5.32 Å². The van der Waals surface area contributed by atoms with Crippen LogP contribution in [0.25, 0.3) is 0 Å². The Balaban J connectivity index is 2.64. The molecule has 0 spiro atoms. The van der Waals surface area contributed by atoms with Crippen LogP contribution in [0.1, 0.15) is 11.1 Å². The molecule has 2 rings (SSSR count). The Kier molecular flexibility index (Phi) is 2.34. The Morgan fingerprint density at radius 2 is 1.88 bits per heavy atom. The van der Waals surface area contributed by atoms with E-state index in [2.05, 4.69) is 10.6 Å². The quantitative estimate of drug-likeness (QED) is 0.705. The van der Waals surface area contributed by atoms with Gasteiger partial charge in [0, 0.05) is 0 Å². The van der Waals surface area contributed by atoms with Gasteiger partial charge in [0.1, 0.15) is 5.69 Å². The lowest BCUT2D eigenvalue weighted by atomic mass is 10.0. The van der Waals surface area contributed by atoms with Gasteiger partial charge in [0.2, 0.25) is 0 Å². The van der Waals surface area contributed by atoms with Gasteiger partial charge in [-0.25, -0.2) is 5.32 Å². The highest BCUT2D eigenvalue weighted by Gasteiger charge is 2.38. The molecule has 4 nitrogen and oxygen atoms in total. The molecule has 2 amide bonds. The van der Waals surface area contributed by atoms with Crippen LogP contribution in [0.3, 0.4) is 0 Å². The minimum absolute atomic E-state index is 0.0954. The third kappa shape index (κ3) is 1.95. The minimum atomic E-state index is -4.62. The van der Waals surface area contributed by atoms with Gasteiger partial charge in [-0.05, 0) is 24.6 Å². The van der Waals surface area contributed by atoms with E-state index >= 15 is 0 Å². The normalized spacial score (nSPS) is 15.1. The average Bonchev–Trinajstić information content (AvgIpc) is 2.18. The molecule has 1 aliphatic rings. The molecule has 1 aliphatic heterocycles. The van der Waals surface area contributed by atoms with Gasteiger partial charge in [-0.1, -0.05) is 0 Å². The van der Waals surface area contributed by atoms with E-state index in [1.54, 1.807) is 0 Å². The van der Waals surface area contributed by atoms with Crippen LogP contribution < -0.4 is 10.6 Å². The van der Waals surface area contributed by atoms with Gasteiger partial charge in [-0.3, -0.25) is 9.59 Å². The Labute approximate surface area is 93.8 Å². The number of benzene rings is 1. The predicted molar refractivity (Wildman–Crippen MR) is 51.6 cm³/mol. The molecule has 0 fully saturated rings. The number of rotatable bonds is 0. The molecule has 0 saturated carbocycles. The second kappa shape index (κ2) is 3.47. The fraction of sp³-hybridized carbons (Fsp3) is 0.200. The summed E-state index contributed by atoms with van der Waals surface area (Å²) in [5.41, 5.74) is -1.34. The second-order valence-corrected chi connectivity index (χ2v) is 3.58. The van der Waals surface area contributed by atoms with Crippen molar-refractivity contribution in [3.05, 3.63) is 23.3 Å². The molecule has 0 bridgehead atoms. The Morgan fingerprint density at radius 1 is 1.24 bits per heavy atom. The third-order valence-electron chi connectivity index (χ3n) is 2.22. The van der Waals surface area contributed by atoms with Gasteiger partial charge in [0.25, 0.3) is 0 Å². The van der Waals surface area contributed by atoms with Crippen LogP contribution in [0.15, 0.2) is 12.1 Å². The summed E-state index contributed by atoms with van der Waals surface area (Å²) in [7, 11) is 0. The Bertz CT molecular complexity index is 523. The van der Waals surface area contributed by atoms with Crippen LogP contribution in [0.5, 0.6) is 0 Å². The van der Waals surface area contributed by atoms with E-state index in [0.717, 1.165) is 6.07 Å². The summed E-state index contributed by atoms with van der Waals surface area (Å²) in [6.07, 6.45) is -4.62. The third-order valence-corrected chi connectivity index (χ3v) is 2.22. The van der Waals surface area contributed by atoms with E-state index in [9.17, 15) is 22.8 Å². The molecule has 0 unspecified atom stereocenters. The Morgan fingerprint density at radius 3 is 2.47 bits per heavy atom. The maximum Gasteiger partial charge on any atom is 0.418 e. The van der Waals surface area contributed by atoms with Crippen LogP contribution in [0.4, 0.5) is 24.5 Å². The summed E-state index contributed by atoms with van der Waals surface area (Å²) in [5.74, 6) is -2.26. The maximum atomic E-state index is 12.7. The van der Waals surface area contributed by atoms with Crippen molar-refractivity contribution >= 4 is 23.2 Å². The molecule has 1 heterocycles. The van der Waals surface area contributed by atoms with Crippen molar-refractivity contribution in [3.63, 3.8) is 0 Å². The maximum absolute atomic E-state index is 12.7. The smallest absolute Gasteiger partial charge is 0.316 e. The van der Waals surface area contributed by atoms with Crippen LogP contribution in [-0.4, -0.2) is 11.8 Å². The average molecular weight is 243 g/mol. The van der Waals surface area contributed by atoms with Crippen molar-refractivity contribution in [2.75, 3.05) is 5.32 Å². The fourth-order valence-electron chi connectivity index (χ4n) is 1.54. The largest absolute Gasteiger partial charge is 0.418 e. The molecule has 17 heavy (non-hydrogen) atoms. The predicted octanol–water partition coefficient (Wildman–Crippen LogP) is 1.73. The fourth-order valence-corrected chi connectivity index (χ4v) is 1.54. The number of amides is 2. The number of fused-ring (bicyclic) bond motifs is 1. The number of alkyl halides is 3. The minimum Gasteiger partial charge on any atom is -0.316 e. The zero-order valence-electron chi connectivity index (χ0n) is 8.55. The number of carbonyl (C=O) groups excluding carboxylic acids is 2. The Hall–Kier alpha value is -2.05. The van der Waals surface area contributed by atoms with E-state index in [0.29, 0.717) is 5.56 Å². The number of hydrogen-bond acceptors (Lipinski definition) is 2. The van der Waals surface area contributed by atoms with Gasteiger partial charge in [0.15, 0.2) is 0 Å². The van der Waals surface area contributed by atoms with Gasteiger partial charge < -0.3 is 5.32 Å². The first-order valence-electron chi connectivity index (χ1n) is 4.58. The number of nitrogens with zero attached hydrogens (tertiary/aromatic N) is 1. The van der Waals surface area contributed by atoms with Gasteiger partial charge in [-0.2, -0.15) is 13.2 Å². The van der Waals surface area contributed by atoms with Crippen molar-refractivity contribution in [2.24, 2.45) is 0 Å². The van der Waals surface area contributed by atoms with Crippen LogP contribution in [-0.2, 0) is 15.8 Å². The number of anilines is 1. The number of carbonyl (C=O) groups is 2. The zero-order valence-corrected chi connectivity index (χ0v) is 8.55. The summed E-state index contributed by atoms with van der Waals surface area (Å²) in [4.78, 5) is 22.0. The lowest BCUT2D eigenvalue weighted by Gasteiger charge is -2.20. The summed E-state index contributed by atoms with van der Waals surface area (Å²) < 4.78 is 38.1. The molecule has 0 aromatic heterocycles. The van der Waals surface area contributed by atoms with E-state index in [-0.39, 0.29) is 5.69 Å². The van der Waals surface area contributed by atoms with Crippen LogP contribution in [0.2, 0.25) is 0 Å². The molecule has 1 N–H and O–H groups in total. The molecule has 0 aliphatic carbocycles. The summed E-state index contributed by atoms with van der Waals surface area (Å²) in [5, 5.41) is 5.24. The monoisotopic (exact) mass is 243 g/mol. The summed E-state index contributed by atoms with van der Waals surface area (Å²) in [6.45, 7) is 1.46. The van der Waals surface area contributed by atoms with E-state index in [1.807, 2.05) is 0 Å². The molecule has 89 valence electrons. The highest BCUT2D eigenvalue weighted by molar-refractivity contribution is 6.42. The molecule has 7 heteroatoms. The van der Waals surface area contributed by atoms with Gasteiger partial charge in [-0.15, -0.1) is 0 Å². The van der Waals surface area contributed by atoms with E-state index in [4.69, 9.17) is 0 Å². The van der Waals surface area contributed by atoms with Crippen molar-refractivity contribution in [1.29, 1.82) is 0 Å². The first-order valence-corrected chi connectivity index (χ1v) is 4.58. The lowest BCUT2D eigenvalue weighted by molar-refractivity contribution is -0.139. The van der Waals surface area contributed by atoms with Gasteiger partial charge in [0.05, 0.1) is 11.3 Å². The molecule has 1 aromatic rings.